The molecule has 1 nitrogen and oxygen atoms in total. The maximum absolute atomic E-state index is 10.8. The van der Waals surface area contributed by atoms with Crippen molar-refractivity contribution in [2.24, 2.45) is 17.3 Å². The van der Waals surface area contributed by atoms with E-state index < -0.39 is 0 Å². The monoisotopic (exact) mass is 124 g/mol. The minimum Gasteiger partial charge on any atom is -0.300 e. The lowest BCUT2D eigenvalue weighted by molar-refractivity contribution is -0.118. The average Bonchev–Trinajstić information content (AvgIpc) is 2.27. The van der Waals surface area contributed by atoms with Crippen LogP contribution in [-0.2, 0) is 4.79 Å². The molecular formula is C8H12O. The second kappa shape index (κ2) is 1.23. The maximum atomic E-state index is 10.8. The third-order valence-electron chi connectivity index (χ3n) is 3.18. The number of ketones is 1. The van der Waals surface area contributed by atoms with Gasteiger partial charge in [0.25, 0.3) is 0 Å². The van der Waals surface area contributed by atoms with Crippen molar-refractivity contribution in [3.05, 3.63) is 0 Å². The molecule has 2 rings (SSSR count). The lowest BCUT2D eigenvalue weighted by Crippen LogP contribution is -2.03. The Morgan fingerprint density at radius 1 is 1.33 bits per heavy atom. The summed E-state index contributed by atoms with van der Waals surface area (Å²) in [5, 5.41) is 0. The first-order valence-electron chi connectivity index (χ1n) is 3.64. The summed E-state index contributed by atoms with van der Waals surface area (Å²) in [6.07, 6.45) is 1.75. The first kappa shape index (κ1) is 5.45. The summed E-state index contributed by atoms with van der Waals surface area (Å²) in [6, 6.07) is 0. The summed E-state index contributed by atoms with van der Waals surface area (Å²) >= 11 is 0. The number of fused-ring (bicyclic) bond motifs is 1. The van der Waals surface area contributed by atoms with Crippen LogP contribution in [0.1, 0.15) is 26.7 Å². The predicted octanol–water partition coefficient (Wildman–Crippen LogP) is 1.62. The van der Waals surface area contributed by atoms with E-state index in [4.69, 9.17) is 0 Å². The van der Waals surface area contributed by atoms with Crippen molar-refractivity contribution in [1.82, 2.24) is 0 Å². The molecule has 2 aliphatic carbocycles. The highest BCUT2D eigenvalue weighted by Gasteiger charge is 2.61. The first-order chi connectivity index (χ1) is 4.12. The molecule has 0 bridgehead atoms. The zero-order chi connectivity index (χ0) is 6.65. The van der Waals surface area contributed by atoms with E-state index in [1.54, 1.807) is 0 Å². The van der Waals surface area contributed by atoms with Gasteiger partial charge in [-0.25, -0.2) is 0 Å². The molecule has 2 atom stereocenters. The second-order valence-electron chi connectivity index (χ2n) is 3.98. The van der Waals surface area contributed by atoms with Gasteiger partial charge in [0.05, 0.1) is 0 Å². The van der Waals surface area contributed by atoms with E-state index in [1.165, 1.54) is 0 Å². The van der Waals surface area contributed by atoms with Crippen molar-refractivity contribution in [2.45, 2.75) is 26.7 Å². The summed E-state index contributed by atoms with van der Waals surface area (Å²) in [5.74, 6) is 2.00. The quantitative estimate of drug-likeness (QED) is 0.479. The molecule has 0 N–H and O–H groups in total. The van der Waals surface area contributed by atoms with Crippen LogP contribution in [0.2, 0.25) is 0 Å². The van der Waals surface area contributed by atoms with Crippen molar-refractivity contribution in [3.8, 4) is 0 Å². The Hall–Kier alpha value is -0.330. The highest BCUT2D eigenvalue weighted by atomic mass is 16.1. The van der Waals surface area contributed by atoms with Gasteiger partial charge in [-0.2, -0.15) is 0 Å². The van der Waals surface area contributed by atoms with Crippen LogP contribution >= 0.6 is 0 Å². The molecule has 0 unspecified atom stereocenters. The van der Waals surface area contributed by atoms with Crippen LogP contribution in [0, 0.1) is 17.3 Å². The highest BCUT2D eigenvalue weighted by Crippen LogP contribution is 2.65. The van der Waals surface area contributed by atoms with Crippen LogP contribution in [0.25, 0.3) is 0 Å². The minimum absolute atomic E-state index is 0.490. The molecule has 0 saturated heterocycles. The fourth-order valence-electron chi connectivity index (χ4n) is 2.24. The molecule has 0 amide bonds. The van der Waals surface area contributed by atoms with Crippen LogP contribution in [0.15, 0.2) is 0 Å². The van der Waals surface area contributed by atoms with Gasteiger partial charge in [0.2, 0.25) is 0 Å². The SMILES string of the molecule is CC1(C)[C@@H]2CC(=O)C[C@H]21. The van der Waals surface area contributed by atoms with Crippen LogP contribution in [0.3, 0.4) is 0 Å². The van der Waals surface area contributed by atoms with E-state index in [1.807, 2.05) is 0 Å². The topological polar surface area (TPSA) is 17.1 Å². The Morgan fingerprint density at radius 3 is 2.11 bits per heavy atom. The smallest absolute Gasteiger partial charge is 0.133 e. The number of Topliss-reactive ketones (excluding diaryl/α,β-unsaturated/α-hetero) is 1. The van der Waals surface area contributed by atoms with Gasteiger partial charge >= 0.3 is 0 Å². The van der Waals surface area contributed by atoms with Gasteiger partial charge in [0.1, 0.15) is 5.78 Å². The van der Waals surface area contributed by atoms with Crippen molar-refractivity contribution in [1.29, 1.82) is 0 Å². The van der Waals surface area contributed by atoms with Crippen LogP contribution in [0.5, 0.6) is 0 Å². The first-order valence-corrected chi connectivity index (χ1v) is 3.64. The number of hydrogen-bond acceptors (Lipinski definition) is 1. The van der Waals surface area contributed by atoms with Crippen molar-refractivity contribution >= 4 is 5.78 Å². The molecule has 2 aliphatic rings. The van der Waals surface area contributed by atoms with Gasteiger partial charge < -0.3 is 0 Å². The molecule has 9 heavy (non-hydrogen) atoms. The van der Waals surface area contributed by atoms with Crippen LogP contribution < -0.4 is 0 Å². The molecule has 0 spiro atoms. The number of carbonyl (C=O) groups is 1. The lowest BCUT2D eigenvalue weighted by Gasteiger charge is -2.04. The lowest BCUT2D eigenvalue weighted by atomic mass is 10.0. The van der Waals surface area contributed by atoms with E-state index in [0.717, 1.165) is 24.7 Å². The molecule has 0 aromatic heterocycles. The summed E-state index contributed by atoms with van der Waals surface area (Å²) in [7, 11) is 0. The van der Waals surface area contributed by atoms with E-state index in [9.17, 15) is 4.79 Å². The van der Waals surface area contributed by atoms with E-state index in [2.05, 4.69) is 13.8 Å². The van der Waals surface area contributed by atoms with Gasteiger partial charge in [0.15, 0.2) is 0 Å². The van der Waals surface area contributed by atoms with E-state index >= 15 is 0 Å². The van der Waals surface area contributed by atoms with Crippen molar-refractivity contribution in [2.75, 3.05) is 0 Å². The molecule has 0 aliphatic heterocycles. The minimum atomic E-state index is 0.490. The van der Waals surface area contributed by atoms with Crippen LogP contribution in [0.4, 0.5) is 0 Å². The highest BCUT2D eigenvalue weighted by molar-refractivity contribution is 5.83. The van der Waals surface area contributed by atoms with Crippen molar-refractivity contribution in [3.63, 3.8) is 0 Å². The van der Waals surface area contributed by atoms with Gasteiger partial charge in [0, 0.05) is 12.8 Å². The fraction of sp³-hybridized carbons (Fsp3) is 0.875. The van der Waals surface area contributed by atoms with E-state index in [0.29, 0.717) is 11.2 Å². The largest absolute Gasteiger partial charge is 0.300 e. The summed E-state index contributed by atoms with van der Waals surface area (Å²) in [4.78, 5) is 10.8. The zero-order valence-electron chi connectivity index (χ0n) is 5.98. The normalized spacial score (nSPS) is 44.9. The van der Waals surface area contributed by atoms with Crippen molar-refractivity contribution < 1.29 is 4.79 Å². The molecule has 0 heterocycles. The Bertz CT molecular complexity index is 153. The third-order valence-corrected chi connectivity index (χ3v) is 3.18. The number of rotatable bonds is 0. The number of carbonyl (C=O) groups excluding carboxylic acids is 1. The van der Waals surface area contributed by atoms with Gasteiger partial charge in [-0.1, -0.05) is 13.8 Å². The predicted molar refractivity (Wildman–Crippen MR) is 35.0 cm³/mol. The van der Waals surface area contributed by atoms with Crippen LogP contribution in [-0.4, -0.2) is 5.78 Å². The number of hydrogen-bond donors (Lipinski definition) is 0. The molecule has 0 aromatic carbocycles. The molecular weight excluding hydrogens is 112 g/mol. The standard InChI is InChI=1S/C8H12O/c1-8(2)6-3-5(9)4-7(6)8/h6-7H,3-4H2,1-2H3/t6-,7-/m1/s1. The average molecular weight is 124 g/mol. The van der Waals surface area contributed by atoms with Gasteiger partial charge in [-0.3, -0.25) is 4.79 Å². The zero-order valence-corrected chi connectivity index (χ0v) is 5.98. The molecule has 1 heteroatoms. The summed E-state index contributed by atoms with van der Waals surface area (Å²) in [5.41, 5.74) is 0.522. The Kier molecular flexibility index (Phi) is 0.744. The van der Waals surface area contributed by atoms with E-state index in [-0.39, 0.29) is 0 Å². The molecule has 50 valence electrons. The molecule has 2 fully saturated rings. The molecule has 0 radical (unpaired) electrons. The third kappa shape index (κ3) is 0.525. The van der Waals surface area contributed by atoms with Gasteiger partial charge in [-0.05, 0) is 17.3 Å². The maximum Gasteiger partial charge on any atom is 0.133 e. The second-order valence-corrected chi connectivity index (χ2v) is 3.98. The summed E-state index contributed by atoms with van der Waals surface area (Å²) < 4.78 is 0. The summed E-state index contributed by atoms with van der Waals surface area (Å²) in [6.45, 7) is 4.55. The molecule has 2 saturated carbocycles. The Morgan fingerprint density at radius 2 is 1.78 bits per heavy atom. The van der Waals surface area contributed by atoms with Gasteiger partial charge in [-0.15, -0.1) is 0 Å². The molecule has 0 aromatic rings. The fourth-order valence-corrected chi connectivity index (χ4v) is 2.24. The Labute approximate surface area is 55.4 Å². The Balaban J connectivity index is 2.14.